The van der Waals surface area contributed by atoms with Gasteiger partial charge in [-0.25, -0.2) is 0 Å². The summed E-state index contributed by atoms with van der Waals surface area (Å²) in [5.41, 5.74) is 0.891. The highest BCUT2D eigenvalue weighted by Gasteiger charge is 2.66. The molecule has 3 atom stereocenters. The van der Waals surface area contributed by atoms with Gasteiger partial charge in [0.25, 0.3) is 0 Å². The average Bonchev–Trinajstić information content (AvgIpc) is 2.18. The molecular formula is C11H20O. The molecule has 0 aromatic heterocycles. The fraction of sp³-hybridized carbons (Fsp3) is 1.00. The van der Waals surface area contributed by atoms with Crippen molar-refractivity contribution >= 4 is 0 Å². The second-order valence-corrected chi connectivity index (χ2v) is 5.82. The number of rotatable bonds is 0. The van der Waals surface area contributed by atoms with Gasteiger partial charge in [0.1, 0.15) is 0 Å². The molecule has 2 aliphatic carbocycles. The van der Waals surface area contributed by atoms with Gasteiger partial charge in [0.15, 0.2) is 0 Å². The Kier molecular flexibility index (Phi) is 1.35. The van der Waals surface area contributed by atoms with Crippen molar-refractivity contribution in [3.8, 4) is 0 Å². The molecule has 0 aromatic rings. The minimum absolute atomic E-state index is 0.0637. The molecule has 1 heteroatoms. The maximum atomic E-state index is 9.98. The molecule has 1 unspecified atom stereocenters. The molecule has 2 rings (SSSR count). The smallest absolute Gasteiger partial charge is 0.0604 e. The summed E-state index contributed by atoms with van der Waals surface area (Å²) >= 11 is 0. The van der Waals surface area contributed by atoms with Gasteiger partial charge in [-0.2, -0.15) is 0 Å². The molecule has 1 nitrogen and oxygen atoms in total. The molecule has 12 heavy (non-hydrogen) atoms. The molecule has 0 heterocycles. The van der Waals surface area contributed by atoms with E-state index in [1.165, 1.54) is 12.8 Å². The van der Waals surface area contributed by atoms with Crippen LogP contribution in [0.5, 0.6) is 0 Å². The Hall–Kier alpha value is -0.0400. The standard InChI is InChI=1S/C11H20O/c1-9(2)10(3)5-6-11(9,4)8(12)7-10/h8,12H,5-7H2,1-4H3/t8-,10?,11+/m0/s1. The second-order valence-electron chi connectivity index (χ2n) is 5.82. The van der Waals surface area contributed by atoms with Crippen LogP contribution in [-0.2, 0) is 0 Å². The number of aliphatic hydroxyl groups excluding tert-OH is 1. The van der Waals surface area contributed by atoms with E-state index in [2.05, 4.69) is 27.7 Å². The van der Waals surface area contributed by atoms with E-state index in [4.69, 9.17) is 0 Å². The molecular weight excluding hydrogens is 148 g/mol. The van der Waals surface area contributed by atoms with Crippen molar-refractivity contribution in [2.75, 3.05) is 0 Å². The Balaban J connectivity index is 2.49. The van der Waals surface area contributed by atoms with Crippen LogP contribution in [-0.4, -0.2) is 11.2 Å². The van der Waals surface area contributed by atoms with Crippen LogP contribution in [0.4, 0.5) is 0 Å². The van der Waals surface area contributed by atoms with Crippen LogP contribution in [0.2, 0.25) is 0 Å². The summed E-state index contributed by atoms with van der Waals surface area (Å²) in [5.74, 6) is 0. The molecule has 2 fully saturated rings. The van der Waals surface area contributed by atoms with Crippen LogP contribution in [0.1, 0.15) is 47.0 Å². The zero-order valence-electron chi connectivity index (χ0n) is 8.65. The van der Waals surface area contributed by atoms with Gasteiger partial charge in [0.2, 0.25) is 0 Å². The Bertz CT molecular complexity index is 218. The van der Waals surface area contributed by atoms with Gasteiger partial charge in [0.05, 0.1) is 6.10 Å². The summed E-state index contributed by atoms with van der Waals surface area (Å²) in [7, 11) is 0. The average molecular weight is 168 g/mol. The van der Waals surface area contributed by atoms with Crippen LogP contribution in [0.25, 0.3) is 0 Å². The topological polar surface area (TPSA) is 20.2 Å². The number of fused-ring (bicyclic) bond motifs is 2. The highest BCUT2D eigenvalue weighted by Crippen LogP contribution is 2.71. The van der Waals surface area contributed by atoms with Crippen LogP contribution >= 0.6 is 0 Å². The second kappa shape index (κ2) is 1.89. The summed E-state index contributed by atoms with van der Waals surface area (Å²) in [6, 6.07) is 0. The fourth-order valence-corrected chi connectivity index (χ4v) is 3.44. The first-order valence-electron chi connectivity index (χ1n) is 5.02. The summed E-state index contributed by atoms with van der Waals surface area (Å²) in [5, 5.41) is 9.98. The van der Waals surface area contributed by atoms with Gasteiger partial charge in [-0.3, -0.25) is 0 Å². The molecule has 0 radical (unpaired) electrons. The highest BCUT2D eigenvalue weighted by atomic mass is 16.3. The van der Waals surface area contributed by atoms with Crippen molar-refractivity contribution in [1.82, 2.24) is 0 Å². The van der Waals surface area contributed by atoms with Crippen LogP contribution < -0.4 is 0 Å². The molecule has 2 saturated carbocycles. The van der Waals surface area contributed by atoms with Crippen LogP contribution in [0, 0.1) is 16.2 Å². The van der Waals surface area contributed by atoms with Gasteiger partial charge >= 0.3 is 0 Å². The first kappa shape index (κ1) is 8.55. The zero-order valence-corrected chi connectivity index (χ0v) is 8.65. The quantitative estimate of drug-likeness (QED) is 0.589. The Labute approximate surface area is 75.2 Å². The van der Waals surface area contributed by atoms with E-state index in [0.29, 0.717) is 10.8 Å². The molecule has 1 N–H and O–H groups in total. The monoisotopic (exact) mass is 168 g/mol. The first-order valence-corrected chi connectivity index (χ1v) is 5.02. The predicted molar refractivity (Wildman–Crippen MR) is 49.9 cm³/mol. The maximum absolute atomic E-state index is 9.98. The Morgan fingerprint density at radius 3 is 1.83 bits per heavy atom. The highest BCUT2D eigenvalue weighted by molar-refractivity contribution is 5.16. The number of hydrogen-bond acceptors (Lipinski definition) is 1. The van der Waals surface area contributed by atoms with Crippen LogP contribution in [0.3, 0.4) is 0 Å². The fourth-order valence-electron chi connectivity index (χ4n) is 3.44. The summed E-state index contributed by atoms with van der Waals surface area (Å²) in [6.45, 7) is 9.26. The maximum Gasteiger partial charge on any atom is 0.0604 e. The van der Waals surface area contributed by atoms with Crippen molar-refractivity contribution in [3.63, 3.8) is 0 Å². The lowest BCUT2D eigenvalue weighted by molar-refractivity contribution is 0.0115. The van der Waals surface area contributed by atoms with Gasteiger partial charge in [0, 0.05) is 0 Å². The number of hydrogen-bond donors (Lipinski definition) is 1. The van der Waals surface area contributed by atoms with E-state index >= 15 is 0 Å². The third kappa shape index (κ3) is 0.618. The van der Waals surface area contributed by atoms with E-state index in [1.807, 2.05) is 0 Å². The van der Waals surface area contributed by atoms with Crippen molar-refractivity contribution in [3.05, 3.63) is 0 Å². The minimum atomic E-state index is -0.0637. The number of aliphatic hydroxyl groups is 1. The van der Waals surface area contributed by atoms with E-state index in [9.17, 15) is 5.11 Å². The zero-order chi connectivity index (χ0) is 9.20. The molecule has 0 saturated heterocycles. The molecule has 70 valence electrons. The van der Waals surface area contributed by atoms with E-state index in [1.54, 1.807) is 0 Å². The molecule has 2 bridgehead atoms. The van der Waals surface area contributed by atoms with Gasteiger partial charge in [-0.05, 0) is 35.5 Å². The van der Waals surface area contributed by atoms with Crippen molar-refractivity contribution in [2.45, 2.75) is 53.1 Å². The van der Waals surface area contributed by atoms with Crippen molar-refractivity contribution in [1.29, 1.82) is 0 Å². The lowest BCUT2D eigenvalue weighted by Gasteiger charge is -2.39. The third-order valence-electron chi connectivity index (χ3n) is 5.51. The minimum Gasteiger partial charge on any atom is -0.393 e. The molecule has 0 aliphatic heterocycles. The SMILES string of the molecule is CC12CC[C@](C)([C@@H](O)C1)C2(C)C. The van der Waals surface area contributed by atoms with Crippen molar-refractivity contribution < 1.29 is 5.11 Å². The lowest BCUT2D eigenvalue weighted by atomic mass is 9.66. The molecule has 0 spiro atoms. The van der Waals surface area contributed by atoms with Gasteiger partial charge < -0.3 is 5.11 Å². The Morgan fingerprint density at radius 2 is 1.67 bits per heavy atom. The first-order chi connectivity index (χ1) is 5.33. The van der Waals surface area contributed by atoms with Crippen LogP contribution in [0.15, 0.2) is 0 Å². The largest absolute Gasteiger partial charge is 0.393 e. The normalized spacial score (nSPS) is 56.2. The van der Waals surface area contributed by atoms with E-state index in [-0.39, 0.29) is 11.5 Å². The summed E-state index contributed by atoms with van der Waals surface area (Å²) < 4.78 is 0. The van der Waals surface area contributed by atoms with E-state index < -0.39 is 0 Å². The predicted octanol–water partition coefficient (Wildman–Crippen LogP) is 2.58. The Morgan fingerprint density at radius 1 is 1.08 bits per heavy atom. The summed E-state index contributed by atoms with van der Waals surface area (Å²) in [4.78, 5) is 0. The molecule has 0 aromatic carbocycles. The van der Waals surface area contributed by atoms with Crippen molar-refractivity contribution in [2.24, 2.45) is 16.2 Å². The lowest BCUT2D eigenvalue weighted by Crippen LogP contribution is -2.36. The molecule has 2 aliphatic rings. The van der Waals surface area contributed by atoms with E-state index in [0.717, 1.165) is 6.42 Å². The van der Waals surface area contributed by atoms with Gasteiger partial charge in [-0.1, -0.05) is 27.7 Å². The molecule has 0 amide bonds. The summed E-state index contributed by atoms with van der Waals surface area (Å²) in [6.07, 6.45) is 3.45. The van der Waals surface area contributed by atoms with Gasteiger partial charge in [-0.15, -0.1) is 0 Å². The third-order valence-corrected chi connectivity index (χ3v) is 5.51.